The number of benzene rings is 3. The Balaban J connectivity index is 0.903. The molecule has 7 aliphatic rings. The number of halogens is 2. The lowest BCUT2D eigenvalue weighted by atomic mass is 10.0. The number of amides is 4. The first-order valence-electron chi connectivity index (χ1n) is 27.7. The highest BCUT2D eigenvalue weighted by atomic mass is 19.1. The molecule has 18 heteroatoms. The van der Waals surface area contributed by atoms with Crippen molar-refractivity contribution in [1.29, 1.82) is 0 Å². The molecule has 5 N–H and O–H groups in total. The Morgan fingerprint density at radius 1 is 0.640 bits per heavy atom. The van der Waals surface area contributed by atoms with Gasteiger partial charge in [-0.05, 0) is 142 Å². The number of anilines is 4. The minimum Gasteiger partial charge on any atom is -0.453 e. The molecule has 75 heavy (non-hydrogen) atoms. The molecule has 11 atom stereocenters. The number of ether oxygens (including phenoxy) is 2. The van der Waals surface area contributed by atoms with Crippen LogP contribution in [0.2, 0.25) is 0 Å². The summed E-state index contributed by atoms with van der Waals surface area (Å²) >= 11 is 0. The van der Waals surface area contributed by atoms with Gasteiger partial charge in [-0.3, -0.25) is 9.59 Å². The zero-order valence-corrected chi connectivity index (χ0v) is 44.2. The molecule has 4 saturated heterocycles. The van der Waals surface area contributed by atoms with Crippen LogP contribution in [0.1, 0.15) is 146 Å². The maximum atomic E-state index is 16.6. The van der Waals surface area contributed by atoms with Gasteiger partial charge in [-0.25, -0.2) is 23.4 Å². The van der Waals surface area contributed by atoms with Gasteiger partial charge in [0.2, 0.25) is 11.8 Å². The van der Waals surface area contributed by atoms with Crippen molar-refractivity contribution in [3.05, 3.63) is 77.1 Å². The predicted octanol–water partition coefficient (Wildman–Crippen LogP) is 10.1. The first-order chi connectivity index (χ1) is 36.2. The van der Waals surface area contributed by atoms with E-state index in [0.29, 0.717) is 49.3 Å². The molecule has 5 aliphatic heterocycles. The van der Waals surface area contributed by atoms with Gasteiger partial charge in [-0.1, -0.05) is 52.7 Å². The van der Waals surface area contributed by atoms with Crippen molar-refractivity contribution in [1.82, 2.24) is 30.4 Å². The van der Waals surface area contributed by atoms with Crippen molar-refractivity contribution in [2.24, 2.45) is 23.7 Å². The van der Waals surface area contributed by atoms with Gasteiger partial charge in [0.1, 0.15) is 29.8 Å². The van der Waals surface area contributed by atoms with Crippen molar-refractivity contribution >= 4 is 57.8 Å². The summed E-state index contributed by atoms with van der Waals surface area (Å²) < 4.78 is 43.0. The second kappa shape index (κ2) is 20.7. The van der Waals surface area contributed by atoms with Gasteiger partial charge in [0.05, 0.1) is 60.8 Å². The van der Waals surface area contributed by atoms with E-state index in [1.165, 1.54) is 26.4 Å². The predicted molar refractivity (Wildman–Crippen MR) is 283 cm³/mol. The molecule has 0 spiro atoms. The molecule has 402 valence electrons. The maximum absolute atomic E-state index is 16.6. The minimum atomic E-state index is -0.756. The third-order valence-electron chi connectivity index (χ3n) is 18.0. The van der Waals surface area contributed by atoms with Crippen LogP contribution in [-0.2, 0) is 19.1 Å². The molecular formula is C57H74F2N10O6. The molecule has 4 amide bonds. The molecule has 3 aromatic carbocycles. The molecule has 3 unspecified atom stereocenters. The summed E-state index contributed by atoms with van der Waals surface area (Å²) in [4.78, 5) is 70.7. The average Bonchev–Trinajstić information content (AvgIpc) is 4.28. The SMILES string of the molecule is COC(=O)N[C@H](C(=O)N1C(c2nc3ccc([C@H]4CCC(c5ccc6c(c5)NC([C@@H]5C[C@@H]7CCC[C@@H]7N5C(=O)[C@@H](NC(=O)OC)C(C)C)N6)N4c4cc(F)c(N5CCCCC5)c(F)c4)cc3[nH]2)C[C@@H]2CCC[C@@H]21)C(C)C. The molecule has 16 nitrogen and oxygen atoms in total. The lowest BCUT2D eigenvalue weighted by molar-refractivity contribution is -0.138. The highest BCUT2D eigenvalue weighted by Crippen LogP contribution is 2.52. The van der Waals surface area contributed by atoms with Gasteiger partial charge in [0.15, 0.2) is 11.6 Å². The van der Waals surface area contributed by atoms with Crippen LogP contribution in [0.4, 0.5) is 41.1 Å². The van der Waals surface area contributed by atoms with Gasteiger partial charge >= 0.3 is 12.2 Å². The van der Waals surface area contributed by atoms with Gasteiger partial charge in [0, 0.05) is 30.9 Å². The van der Waals surface area contributed by atoms with E-state index in [4.69, 9.17) is 14.5 Å². The molecule has 11 rings (SSSR count). The quantitative estimate of drug-likeness (QED) is 0.0913. The fourth-order valence-electron chi connectivity index (χ4n) is 14.5. The fraction of sp³-hybridized carbons (Fsp3) is 0.596. The number of alkyl carbamates (subject to hydrolysis) is 2. The standard InChI is InChI=1S/C57H74F2N10O6/c1-30(2)49(64-56(72)74-5)54(70)68-43-14-10-12-32(43)26-47(68)52-60-39-18-16-34(24-41(39)62-52)45-20-21-46(67(45)36-28-37(58)51(38(59)29-36)66-22-8-7-9-23-66)35-17-19-40-42(25-35)63-53(61-40)48-27-33-13-11-15-44(33)69(48)55(71)50(31(3)4)65-57(73)75-6/h16-19,24-25,28-33,43-50,52,60,62H,7-15,20-23,26-27H2,1-6H3,(H,61,63)(H,64,72)(H,65,73)/t32-,33-,43-,44-,45?,46+,47-,48?,49-,50-,52?/m0/s1. The van der Waals surface area contributed by atoms with E-state index in [2.05, 4.69) is 61.5 Å². The van der Waals surface area contributed by atoms with Crippen molar-refractivity contribution in [3.63, 3.8) is 0 Å². The first kappa shape index (κ1) is 50.8. The molecule has 2 saturated carbocycles. The number of H-pyrrole nitrogens is 1. The summed E-state index contributed by atoms with van der Waals surface area (Å²) in [6, 6.07) is 13.2. The largest absolute Gasteiger partial charge is 0.453 e. The Bertz CT molecular complexity index is 2800. The van der Waals surface area contributed by atoms with Gasteiger partial charge in [-0.15, -0.1) is 0 Å². The second-order valence-electron chi connectivity index (χ2n) is 23.1. The average molecular weight is 1030 g/mol. The monoisotopic (exact) mass is 1030 g/mol. The second-order valence-corrected chi connectivity index (χ2v) is 23.1. The zero-order chi connectivity index (χ0) is 52.4. The molecule has 6 heterocycles. The Morgan fingerprint density at radius 2 is 1.21 bits per heavy atom. The maximum Gasteiger partial charge on any atom is 0.407 e. The first-order valence-corrected chi connectivity index (χ1v) is 27.7. The van der Waals surface area contributed by atoms with Crippen molar-refractivity contribution < 1.29 is 37.4 Å². The summed E-state index contributed by atoms with van der Waals surface area (Å²) in [6.07, 6.45) is 10.3. The number of aromatic nitrogens is 2. The fourth-order valence-corrected chi connectivity index (χ4v) is 14.5. The number of carbonyl (C=O) groups excluding carboxylic acids is 4. The Labute approximate surface area is 438 Å². The van der Waals surface area contributed by atoms with Crippen LogP contribution in [0.15, 0.2) is 48.5 Å². The lowest BCUT2D eigenvalue weighted by Crippen LogP contribution is -2.58. The third-order valence-corrected chi connectivity index (χ3v) is 18.0. The van der Waals surface area contributed by atoms with Crippen LogP contribution in [0.3, 0.4) is 0 Å². The summed E-state index contributed by atoms with van der Waals surface area (Å²) in [5.74, 6) is -0.293. The number of piperidine rings is 1. The summed E-state index contributed by atoms with van der Waals surface area (Å²) in [5, 5.41) is 13.1. The Kier molecular flexibility index (Phi) is 14.0. The van der Waals surface area contributed by atoms with Crippen molar-refractivity contribution in [3.8, 4) is 0 Å². The normalized spacial score (nSPS) is 27.8. The number of carbonyl (C=O) groups is 4. The number of fused-ring (bicyclic) bond motifs is 4. The van der Waals surface area contributed by atoms with E-state index in [0.717, 1.165) is 104 Å². The van der Waals surface area contributed by atoms with Crippen LogP contribution < -0.4 is 31.1 Å². The van der Waals surface area contributed by atoms with Crippen molar-refractivity contribution in [2.75, 3.05) is 47.7 Å². The number of rotatable bonds is 12. The number of nitrogens with zero attached hydrogens (tertiary/aromatic N) is 5. The van der Waals surface area contributed by atoms with Crippen LogP contribution in [0.25, 0.3) is 11.0 Å². The van der Waals surface area contributed by atoms with Gasteiger partial charge in [-0.2, -0.15) is 0 Å². The Morgan fingerprint density at radius 3 is 1.84 bits per heavy atom. The van der Waals surface area contributed by atoms with Crippen LogP contribution in [0.5, 0.6) is 0 Å². The van der Waals surface area contributed by atoms with E-state index in [-0.39, 0.29) is 71.8 Å². The summed E-state index contributed by atoms with van der Waals surface area (Å²) in [6.45, 7) is 8.94. The molecule has 1 aromatic heterocycles. The molecular weight excluding hydrogens is 959 g/mol. The topological polar surface area (TPSA) is 176 Å². The van der Waals surface area contributed by atoms with Crippen LogP contribution in [0, 0.1) is 35.3 Å². The Hall–Kier alpha value is -6.33. The number of imidazole rings is 1. The summed E-state index contributed by atoms with van der Waals surface area (Å²) in [5.41, 5.74) is 5.84. The van der Waals surface area contributed by atoms with E-state index in [9.17, 15) is 19.2 Å². The molecule has 2 aliphatic carbocycles. The zero-order valence-electron chi connectivity index (χ0n) is 44.2. The molecule has 0 bridgehead atoms. The summed E-state index contributed by atoms with van der Waals surface area (Å²) in [7, 11) is 2.61. The minimum absolute atomic E-state index is 0.0322. The van der Waals surface area contributed by atoms with Crippen LogP contribution in [-0.4, -0.2) is 107 Å². The number of hydrogen-bond acceptors (Lipinski definition) is 11. The molecule has 6 fully saturated rings. The van der Waals surface area contributed by atoms with E-state index >= 15 is 8.78 Å². The van der Waals surface area contributed by atoms with E-state index < -0.39 is 35.9 Å². The van der Waals surface area contributed by atoms with Crippen LogP contribution >= 0.6 is 0 Å². The number of likely N-dealkylation sites (tertiary alicyclic amines) is 2. The highest BCUT2D eigenvalue weighted by Gasteiger charge is 2.52. The number of aromatic amines is 1. The smallest absolute Gasteiger partial charge is 0.407 e. The molecule has 0 radical (unpaired) electrons. The van der Waals surface area contributed by atoms with E-state index in [1.54, 1.807) is 0 Å². The number of hydrogen-bond donors (Lipinski definition) is 5. The van der Waals surface area contributed by atoms with Gasteiger partial charge in [0.25, 0.3) is 0 Å². The molecule has 4 aromatic rings. The van der Waals surface area contributed by atoms with Gasteiger partial charge < -0.3 is 55.3 Å². The highest BCUT2D eigenvalue weighted by molar-refractivity contribution is 5.88. The van der Waals surface area contributed by atoms with Crippen molar-refractivity contribution in [2.45, 2.75) is 166 Å². The number of nitrogens with one attached hydrogen (secondary N) is 5. The number of methoxy groups -OCH3 is 2. The third kappa shape index (κ3) is 9.35. The lowest BCUT2D eigenvalue weighted by Gasteiger charge is -2.37. The van der Waals surface area contributed by atoms with E-state index in [1.807, 2.05) is 48.5 Å².